The van der Waals surface area contributed by atoms with Gasteiger partial charge in [0.2, 0.25) is 0 Å². The molecule has 0 amide bonds. The molecule has 0 aliphatic rings. The van der Waals surface area contributed by atoms with Gasteiger partial charge in [-0.2, -0.15) is 0 Å². The minimum Gasteiger partial charge on any atom is -0.497 e. The molecule has 0 saturated carbocycles. The summed E-state index contributed by atoms with van der Waals surface area (Å²) in [4.78, 5) is 8.92. The van der Waals surface area contributed by atoms with Crippen molar-refractivity contribution in [3.05, 3.63) is 23.8 Å². The average molecular weight is 351 g/mol. The molecule has 1 atom stereocenters. The first-order valence-corrected chi connectivity index (χ1v) is 8.87. The number of methoxy groups -OCH3 is 2. The third-order valence-electron chi connectivity index (χ3n) is 4.47. The highest BCUT2D eigenvalue weighted by Crippen LogP contribution is 2.25. The minimum atomic E-state index is 0.454. The Morgan fingerprint density at radius 2 is 1.88 bits per heavy atom. The van der Waals surface area contributed by atoms with Gasteiger partial charge in [-0.25, -0.2) is 0 Å². The predicted molar refractivity (Wildman–Crippen MR) is 105 cm³/mol. The van der Waals surface area contributed by atoms with Gasteiger partial charge in [-0.15, -0.1) is 0 Å². The van der Waals surface area contributed by atoms with Crippen molar-refractivity contribution in [2.75, 3.05) is 47.9 Å². The average Bonchev–Trinajstić information content (AvgIpc) is 2.63. The lowest BCUT2D eigenvalue weighted by Gasteiger charge is -2.29. The zero-order valence-electron chi connectivity index (χ0n) is 16.8. The summed E-state index contributed by atoms with van der Waals surface area (Å²) in [7, 11) is 7.17. The first kappa shape index (κ1) is 21.1. The van der Waals surface area contributed by atoms with Gasteiger partial charge in [0.1, 0.15) is 11.5 Å². The molecule has 1 rings (SSSR count). The summed E-state index contributed by atoms with van der Waals surface area (Å²) in [6, 6.07) is 6.34. The Balaban J connectivity index is 2.72. The second-order valence-corrected chi connectivity index (χ2v) is 6.03. The van der Waals surface area contributed by atoms with Gasteiger partial charge in [-0.3, -0.25) is 9.89 Å². The van der Waals surface area contributed by atoms with Crippen molar-refractivity contribution in [3.8, 4) is 11.5 Å². The summed E-state index contributed by atoms with van der Waals surface area (Å²) >= 11 is 0. The number of aliphatic imine (C=N–C) groups is 1. The van der Waals surface area contributed by atoms with Gasteiger partial charge in [-0.1, -0.05) is 13.8 Å². The van der Waals surface area contributed by atoms with Crippen molar-refractivity contribution >= 4 is 5.96 Å². The van der Waals surface area contributed by atoms with Crippen molar-refractivity contribution in [1.82, 2.24) is 15.1 Å². The van der Waals surface area contributed by atoms with E-state index in [0.29, 0.717) is 12.6 Å². The van der Waals surface area contributed by atoms with Crippen LogP contribution in [0, 0.1) is 0 Å². The maximum atomic E-state index is 5.49. The molecule has 0 spiro atoms. The van der Waals surface area contributed by atoms with Crippen molar-refractivity contribution in [1.29, 1.82) is 0 Å². The molecule has 0 aliphatic carbocycles. The molecule has 0 aromatic heterocycles. The Labute approximate surface area is 152 Å². The monoisotopic (exact) mass is 350 g/mol. The topological polar surface area (TPSA) is 49.3 Å². The molecular formula is C19H34N4O2. The molecule has 1 N–H and O–H groups in total. The fourth-order valence-corrected chi connectivity index (χ4v) is 2.91. The second kappa shape index (κ2) is 10.8. The van der Waals surface area contributed by atoms with Crippen molar-refractivity contribution in [2.45, 2.75) is 33.4 Å². The zero-order chi connectivity index (χ0) is 18.8. The van der Waals surface area contributed by atoms with Crippen LogP contribution < -0.4 is 14.8 Å². The van der Waals surface area contributed by atoms with E-state index in [1.165, 1.54) is 0 Å². The van der Waals surface area contributed by atoms with Crippen LogP contribution in [0.1, 0.15) is 26.3 Å². The lowest BCUT2D eigenvalue weighted by atomic mass is 10.2. The molecule has 1 unspecified atom stereocenters. The second-order valence-electron chi connectivity index (χ2n) is 6.03. The largest absolute Gasteiger partial charge is 0.497 e. The third-order valence-corrected chi connectivity index (χ3v) is 4.47. The van der Waals surface area contributed by atoms with E-state index in [4.69, 9.17) is 9.47 Å². The van der Waals surface area contributed by atoms with Crippen LogP contribution >= 0.6 is 0 Å². The van der Waals surface area contributed by atoms with Crippen molar-refractivity contribution < 1.29 is 9.47 Å². The zero-order valence-corrected chi connectivity index (χ0v) is 16.8. The number of nitrogens with one attached hydrogen (secondary N) is 1. The molecule has 0 radical (unpaired) electrons. The van der Waals surface area contributed by atoms with E-state index in [9.17, 15) is 0 Å². The first-order valence-electron chi connectivity index (χ1n) is 8.87. The van der Waals surface area contributed by atoms with Gasteiger partial charge in [0.05, 0.1) is 14.2 Å². The van der Waals surface area contributed by atoms with Crippen LogP contribution in [-0.4, -0.2) is 69.8 Å². The fourth-order valence-electron chi connectivity index (χ4n) is 2.91. The van der Waals surface area contributed by atoms with Crippen LogP contribution in [0.2, 0.25) is 0 Å². The van der Waals surface area contributed by atoms with Crippen LogP contribution in [0.15, 0.2) is 23.2 Å². The van der Waals surface area contributed by atoms with Crippen LogP contribution in [0.25, 0.3) is 0 Å². The van der Waals surface area contributed by atoms with Gasteiger partial charge in [0.25, 0.3) is 0 Å². The Bertz CT molecular complexity index is 544. The molecule has 25 heavy (non-hydrogen) atoms. The SMILES string of the molecule is CCN(CC)C(C)CNC(=NC)N(C)Cc1ccc(OC)cc1OC. The molecule has 6 heteroatoms. The van der Waals surface area contributed by atoms with Gasteiger partial charge in [-0.05, 0) is 32.1 Å². The lowest BCUT2D eigenvalue weighted by Crippen LogP contribution is -2.46. The van der Waals surface area contributed by atoms with E-state index in [-0.39, 0.29) is 0 Å². The van der Waals surface area contributed by atoms with E-state index >= 15 is 0 Å². The smallest absolute Gasteiger partial charge is 0.193 e. The molecule has 6 nitrogen and oxygen atoms in total. The fraction of sp³-hybridized carbons (Fsp3) is 0.632. The van der Waals surface area contributed by atoms with E-state index in [1.54, 1.807) is 14.2 Å². The maximum Gasteiger partial charge on any atom is 0.193 e. The highest BCUT2D eigenvalue weighted by atomic mass is 16.5. The summed E-state index contributed by atoms with van der Waals surface area (Å²) < 4.78 is 10.7. The number of ether oxygens (including phenoxy) is 2. The Hall–Kier alpha value is -1.95. The number of nitrogens with zero attached hydrogens (tertiary/aromatic N) is 3. The number of hydrogen-bond donors (Lipinski definition) is 1. The molecular weight excluding hydrogens is 316 g/mol. The molecule has 1 aromatic carbocycles. The van der Waals surface area contributed by atoms with E-state index in [1.807, 2.05) is 32.3 Å². The number of rotatable bonds is 9. The Morgan fingerprint density at radius 3 is 2.40 bits per heavy atom. The maximum absolute atomic E-state index is 5.49. The van der Waals surface area contributed by atoms with Crippen LogP contribution in [-0.2, 0) is 6.54 Å². The molecule has 142 valence electrons. The van der Waals surface area contributed by atoms with E-state index in [2.05, 4.69) is 40.9 Å². The normalized spacial score (nSPS) is 12.9. The molecule has 0 fully saturated rings. The number of hydrogen-bond acceptors (Lipinski definition) is 4. The summed E-state index contributed by atoms with van der Waals surface area (Å²) in [5.41, 5.74) is 1.09. The van der Waals surface area contributed by atoms with Gasteiger partial charge < -0.3 is 19.7 Å². The number of likely N-dealkylation sites (N-methyl/N-ethyl adjacent to an activating group) is 1. The minimum absolute atomic E-state index is 0.454. The number of benzene rings is 1. The molecule has 0 heterocycles. The highest BCUT2D eigenvalue weighted by molar-refractivity contribution is 5.79. The molecule has 0 saturated heterocycles. The molecule has 1 aromatic rings. The highest BCUT2D eigenvalue weighted by Gasteiger charge is 2.14. The van der Waals surface area contributed by atoms with Crippen LogP contribution in [0.3, 0.4) is 0 Å². The Kier molecular flexibility index (Phi) is 9.13. The first-order chi connectivity index (χ1) is 12.0. The van der Waals surface area contributed by atoms with Crippen molar-refractivity contribution in [3.63, 3.8) is 0 Å². The number of guanidine groups is 1. The summed E-state index contributed by atoms with van der Waals surface area (Å²) in [6.45, 7) is 10.3. The lowest BCUT2D eigenvalue weighted by molar-refractivity contribution is 0.230. The standard InChI is InChI=1S/C19H34N4O2/c1-8-23(9-2)15(3)13-21-19(20-4)22(5)14-16-10-11-17(24-6)12-18(16)25-7/h10-12,15H,8-9,13-14H2,1-7H3,(H,20,21). The van der Waals surface area contributed by atoms with Crippen LogP contribution in [0.4, 0.5) is 0 Å². The van der Waals surface area contributed by atoms with E-state index in [0.717, 1.165) is 42.7 Å². The summed E-state index contributed by atoms with van der Waals surface area (Å²) in [5.74, 6) is 2.48. The quantitative estimate of drug-likeness (QED) is 0.548. The predicted octanol–water partition coefficient (Wildman–Crippen LogP) is 2.44. The van der Waals surface area contributed by atoms with E-state index < -0.39 is 0 Å². The summed E-state index contributed by atoms with van der Waals surface area (Å²) in [5, 5.41) is 3.47. The Morgan fingerprint density at radius 1 is 1.20 bits per heavy atom. The van der Waals surface area contributed by atoms with Crippen molar-refractivity contribution in [2.24, 2.45) is 4.99 Å². The van der Waals surface area contributed by atoms with Gasteiger partial charge in [0.15, 0.2) is 5.96 Å². The summed E-state index contributed by atoms with van der Waals surface area (Å²) in [6.07, 6.45) is 0. The van der Waals surface area contributed by atoms with Crippen LogP contribution in [0.5, 0.6) is 11.5 Å². The van der Waals surface area contributed by atoms with Gasteiger partial charge >= 0.3 is 0 Å². The molecule has 0 bridgehead atoms. The van der Waals surface area contributed by atoms with Gasteiger partial charge in [0, 0.05) is 44.9 Å². The molecule has 0 aliphatic heterocycles. The third kappa shape index (κ3) is 6.12.